The first-order valence-corrected chi connectivity index (χ1v) is 11.4. The van der Waals surface area contributed by atoms with Gasteiger partial charge in [-0.25, -0.2) is 0 Å². The van der Waals surface area contributed by atoms with Crippen LogP contribution < -0.4 is 0 Å². The maximum absolute atomic E-state index is 5.57. The Labute approximate surface area is 186 Å². The highest BCUT2D eigenvalue weighted by Crippen LogP contribution is 2.51. The number of methoxy groups -OCH3 is 1. The Balaban J connectivity index is 1.81. The predicted octanol–water partition coefficient (Wildman–Crippen LogP) is 8.07. The summed E-state index contributed by atoms with van der Waals surface area (Å²) in [5.41, 5.74) is 10.1. The molecule has 0 atom stereocenters. The largest absolute Gasteiger partial charge is 0.380 e. The smallest absolute Gasteiger partial charge is 0.0719 e. The molecule has 3 aromatic rings. The number of ether oxygens (including phenoxy) is 1. The quantitative estimate of drug-likeness (QED) is 0.426. The van der Waals surface area contributed by atoms with Gasteiger partial charge in [0.15, 0.2) is 0 Å². The molecule has 3 aromatic carbocycles. The zero-order valence-corrected chi connectivity index (χ0v) is 19.4. The van der Waals surface area contributed by atoms with Crippen molar-refractivity contribution in [2.45, 2.75) is 52.6 Å². The third-order valence-electron chi connectivity index (χ3n) is 7.02. The van der Waals surface area contributed by atoms with Crippen molar-refractivity contribution < 1.29 is 4.74 Å². The summed E-state index contributed by atoms with van der Waals surface area (Å²) in [6.45, 7) is 10.2. The van der Waals surface area contributed by atoms with Crippen LogP contribution in [-0.2, 0) is 16.8 Å². The molecule has 1 nitrogen and oxygen atoms in total. The van der Waals surface area contributed by atoms with E-state index in [0.717, 1.165) is 12.8 Å². The molecule has 0 saturated carbocycles. The molecule has 2 aliphatic carbocycles. The molecular weight excluding hydrogens is 376 g/mol. The second-order valence-corrected chi connectivity index (χ2v) is 10.6. The highest BCUT2D eigenvalue weighted by Gasteiger charge is 2.36. The molecule has 0 spiro atoms. The third kappa shape index (κ3) is 3.36. The lowest BCUT2D eigenvalue weighted by atomic mass is 9.64. The molecule has 158 valence electrons. The topological polar surface area (TPSA) is 9.23 Å². The van der Waals surface area contributed by atoms with Crippen molar-refractivity contribution in [2.75, 3.05) is 7.11 Å². The Hall–Kier alpha value is -2.64. The van der Waals surface area contributed by atoms with Crippen LogP contribution >= 0.6 is 0 Å². The maximum atomic E-state index is 5.57. The standard InChI is InChI=1S/C30H32O/c1-29(2)16-15-23-22(17-29)18-30(3,4)28-25(23)14-13-24-26(28)12-11-21(19-31-5)27(24)20-9-7-6-8-10-20/h6-16H,17-19H2,1-5H3. The number of benzene rings is 3. The van der Waals surface area contributed by atoms with Crippen LogP contribution in [0.15, 0.2) is 72.3 Å². The van der Waals surface area contributed by atoms with Gasteiger partial charge in [-0.1, -0.05) is 100 Å². The van der Waals surface area contributed by atoms with Crippen molar-refractivity contribution >= 4 is 16.3 Å². The summed E-state index contributed by atoms with van der Waals surface area (Å²) < 4.78 is 5.57. The van der Waals surface area contributed by atoms with Gasteiger partial charge in [-0.3, -0.25) is 0 Å². The van der Waals surface area contributed by atoms with Crippen LogP contribution in [0.5, 0.6) is 0 Å². The first-order valence-electron chi connectivity index (χ1n) is 11.4. The van der Waals surface area contributed by atoms with Crippen LogP contribution in [0.3, 0.4) is 0 Å². The molecule has 0 aromatic heterocycles. The summed E-state index contributed by atoms with van der Waals surface area (Å²) in [5.74, 6) is 0. The van der Waals surface area contributed by atoms with Crippen molar-refractivity contribution in [3.8, 4) is 11.1 Å². The van der Waals surface area contributed by atoms with Crippen molar-refractivity contribution in [3.63, 3.8) is 0 Å². The molecule has 0 amide bonds. The monoisotopic (exact) mass is 408 g/mol. The van der Waals surface area contributed by atoms with Crippen molar-refractivity contribution in [1.29, 1.82) is 0 Å². The minimum Gasteiger partial charge on any atom is -0.380 e. The summed E-state index contributed by atoms with van der Waals surface area (Å²) in [7, 11) is 1.78. The lowest BCUT2D eigenvalue weighted by molar-refractivity contribution is 0.185. The Kier molecular flexibility index (Phi) is 4.71. The summed E-state index contributed by atoms with van der Waals surface area (Å²) >= 11 is 0. The normalized spacial score (nSPS) is 18.7. The summed E-state index contributed by atoms with van der Waals surface area (Å²) in [5, 5.41) is 2.71. The van der Waals surface area contributed by atoms with Gasteiger partial charge in [0.05, 0.1) is 6.61 Å². The Morgan fingerprint density at radius 3 is 2.32 bits per heavy atom. The van der Waals surface area contributed by atoms with Crippen LogP contribution in [0.1, 0.15) is 57.2 Å². The Morgan fingerprint density at radius 1 is 0.839 bits per heavy atom. The first kappa shape index (κ1) is 20.3. The molecule has 0 unspecified atom stereocenters. The molecule has 1 heteroatoms. The second-order valence-electron chi connectivity index (χ2n) is 10.6. The van der Waals surface area contributed by atoms with Crippen molar-refractivity contribution in [3.05, 3.63) is 89.0 Å². The summed E-state index contributed by atoms with van der Waals surface area (Å²) in [4.78, 5) is 0. The van der Waals surface area contributed by atoms with Crippen LogP contribution in [-0.4, -0.2) is 7.11 Å². The molecule has 5 rings (SSSR count). The van der Waals surface area contributed by atoms with Gasteiger partial charge in [0.1, 0.15) is 0 Å². The molecular formula is C30H32O. The Bertz CT molecular complexity index is 1220. The fraction of sp³-hybridized carbons (Fsp3) is 0.333. The Morgan fingerprint density at radius 2 is 1.58 bits per heavy atom. The number of fused-ring (bicyclic) bond motifs is 4. The fourth-order valence-corrected chi connectivity index (χ4v) is 5.82. The van der Waals surface area contributed by atoms with Gasteiger partial charge in [-0.15, -0.1) is 0 Å². The number of hydrogen-bond donors (Lipinski definition) is 0. The van der Waals surface area contributed by atoms with E-state index in [2.05, 4.69) is 94.4 Å². The van der Waals surface area contributed by atoms with Gasteiger partial charge in [0, 0.05) is 7.11 Å². The molecule has 2 aliphatic rings. The molecule has 0 radical (unpaired) electrons. The van der Waals surface area contributed by atoms with Gasteiger partial charge >= 0.3 is 0 Å². The van der Waals surface area contributed by atoms with E-state index < -0.39 is 0 Å². The van der Waals surface area contributed by atoms with Gasteiger partial charge in [0.2, 0.25) is 0 Å². The van der Waals surface area contributed by atoms with E-state index in [-0.39, 0.29) is 10.8 Å². The number of rotatable bonds is 3. The molecule has 0 saturated heterocycles. The zero-order valence-electron chi connectivity index (χ0n) is 19.4. The van der Waals surface area contributed by atoms with Crippen LogP contribution in [0.25, 0.3) is 27.5 Å². The predicted molar refractivity (Wildman–Crippen MR) is 132 cm³/mol. The van der Waals surface area contributed by atoms with Gasteiger partial charge in [-0.2, -0.15) is 0 Å². The van der Waals surface area contributed by atoms with E-state index >= 15 is 0 Å². The molecule has 0 aliphatic heterocycles. The van der Waals surface area contributed by atoms with Gasteiger partial charge in [0.25, 0.3) is 0 Å². The molecule has 0 fully saturated rings. The molecule has 0 N–H and O–H groups in total. The average Bonchev–Trinajstić information content (AvgIpc) is 2.72. The van der Waals surface area contributed by atoms with E-state index in [0.29, 0.717) is 6.61 Å². The van der Waals surface area contributed by atoms with E-state index in [4.69, 9.17) is 4.74 Å². The molecule has 0 heterocycles. The zero-order chi connectivity index (χ0) is 21.8. The maximum Gasteiger partial charge on any atom is 0.0719 e. The van der Waals surface area contributed by atoms with Crippen LogP contribution in [0.4, 0.5) is 0 Å². The summed E-state index contributed by atoms with van der Waals surface area (Å²) in [6.07, 6.45) is 7.07. The van der Waals surface area contributed by atoms with Gasteiger partial charge < -0.3 is 4.74 Å². The average molecular weight is 409 g/mol. The third-order valence-corrected chi connectivity index (χ3v) is 7.02. The summed E-state index contributed by atoms with van der Waals surface area (Å²) in [6, 6.07) is 20.1. The van der Waals surface area contributed by atoms with E-state index in [1.165, 1.54) is 44.2 Å². The molecule has 0 bridgehead atoms. The van der Waals surface area contributed by atoms with E-state index in [1.807, 2.05) is 0 Å². The minimum absolute atomic E-state index is 0.103. The second kappa shape index (κ2) is 7.21. The van der Waals surface area contributed by atoms with Gasteiger partial charge in [-0.05, 0) is 67.8 Å². The SMILES string of the molecule is COCc1ccc2c3c(ccc2c1-c1ccccc1)C1=C(CC(C)(C)C=C1)CC3(C)C. The lowest BCUT2D eigenvalue weighted by Gasteiger charge is -2.40. The first-order chi connectivity index (χ1) is 14.8. The highest BCUT2D eigenvalue weighted by molar-refractivity contribution is 6.03. The van der Waals surface area contributed by atoms with Crippen molar-refractivity contribution in [1.82, 2.24) is 0 Å². The number of allylic oxidation sites excluding steroid dienone is 4. The lowest BCUT2D eigenvalue weighted by Crippen LogP contribution is -2.28. The number of hydrogen-bond acceptors (Lipinski definition) is 1. The fourth-order valence-electron chi connectivity index (χ4n) is 5.82. The molecule has 31 heavy (non-hydrogen) atoms. The van der Waals surface area contributed by atoms with E-state index in [1.54, 1.807) is 12.7 Å². The van der Waals surface area contributed by atoms with Crippen LogP contribution in [0.2, 0.25) is 0 Å². The van der Waals surface area contributed by atoms with Crippen LogP contribution in [0, 0.1) is 5.41 Å². The van der Waals surface area contributed by atoms with E-state index in [9.17, 15) is 0 Å². The van der Waals surface area contributed by atoms with Crippen molar-refractivity contribution in [2.24, 2.45) is 5.41 Å². The minimum atomic E-state index is 0.103. The highest BCUT2D eigenvalue weighted by atomic mass is 16.5.